The molecule has 1 aliphatic rings. The fourth-order valence-electron chi connectivity index (χ4n) is 3.02. The molecule has 1 fully saturated rings. The molecule has 2 aromatic carbocycles. The summed E-state index contributed by atoms with van der Waals surface area (Å²) in [7, 11) is 0. The highest BCUT2D eigenvalue weighted by atomic mass is 19.1. The molecule has 5 nitrogen and oxygen atoms in total. The van der Waals surface area contributed by atoms with Crippen LogP contribution in [0.25, 0.3) is 5.76 Å². The highest BCUT2D eigenvalue weighted by molar-refractivity contribution is 6.47. The molecule has 0 radical (unpaired) electrons. The van der Waals surface area contributed by atoms with E-state index >= 15 is 0 Å². The largest absolute Gasteiger partial charge is 0.507 e. The van der Waals surface area contributed by atoms with Crippen LogP contribution in [-0.4, -0.2) is 21.7 Å². The maximum Gasteiger partial charge on any atom is 0.309 e. The second-order valence-corrected chi connectivity index (χ2v) is 5.74. The topological polar surface area (TPSA) is 81.4 Å². The van der Waals surface area contributed by atoms with Crippen molar-refractivity contribution in [2.24, 2.45) is 0 Å². The number of ketones is 1. The third kappa shape index (κ3) is 2.37. The summed E-state index contributed by atoms with van der Waals surface area (Å²) in [5.74, 6) is -2.88. The van der Waals surface area contributed by atoms with Crippen LogP contribution in [0.4, 0.5) is 4.39 Å². The van der Waals surface area contributed by atoms with E-state index in [1.165, 1.54) is 31.2 Å². The van der Waals surface area contributed by atoms with Gasteiger partial charge >= 0.3 is 5.91 Å². The predicted molar refractivity (Wildman–Crippen MR) is 87.2 cm³/mol. The van der Waals surface area contributed by atoms with Gasteiger partial charge in [0, 0.05) is 5.56 Å². The fraction of sp³-hybridized carbons (Fsp3) is 0.105. The molecule has 0 aliphatic carbocycles. The van der Waals surface area contributed by atoms with Crippen LogP contribution in [-0.2, 0) is 15.1 Å². The highest BCUT2D eigenvalue weighted by Gasteiger charge is 2.55. The molecule has 1 heterocycles. The van der Waals surface area contributed by atoms with Gasteiger partial charge in [0.2, 0.25) is 0 Å². The Hall–Kier alpha value is -3.46. The highest BCUT2D eigenvalue weighted by Crippen LogP contribution is 2.44. The summed E-state index contributed by atoms with van der Waals surface area (Å²) < 4.78 is 13.3. The SMILES string of the molecule is CC1(c2ccc(F)cc2)/C(=C(\O)c2ccccc2)C(=O)C(=O)N1C#N. The van der Waals surface area contributed by atoms with E-state index in [4.69, 9.17) is 0 Å². The molecule has 0 aromatic heterocycles. The molecule has 1 saturated heterocycles. The molecule has 6 heteroatoms. The number of halogens is 1. The van der Waals surface area contributed by atoms with E-state index in [-0.39, 0.29) is 11.3 Å². The summed E-state index contributed by atoms with van der Waals surface area (Å²) in [4.78, 5) is 25.5. The Morgan fingerprint density at radius 2 is 1.72 bits per heavy atom. The van der Waals surface area contributed by atoms with Crippen molar-refractivity contribution in [1.82, 2.24) is 4.90 Å². The number of carbonyl (C=O) groups is 2. The fourth-order valence-corrected chi connectivity index (χ4v) is 3.02. The zero-order valence-corrected chi connectivity index (χ0v) is 13.2. The first-order chi connectivity index (χ1) is 11.9. The van der Waals surface area contributed by atoms with Gasteiger partial charge in [0.15, 0.2) is 6.19 Å². The van der Waals surface area contributed by atoms with Gasteiger partial charge in [-0.3, -0.25) is 9.59 Å². The normalized spacial score (nSPS) is 22.0. The Morgan fingerprint density at radius 1 is 1.12 bits per heavy atom. The number of likely N-dealkylation sites (tertiary alicyclic amines) is 1. The summed E-state index contributed by atoms with van der Waals surface area (Å²) in [6.07, 6.45) is 1.71. The summed E-state index contributed by atoms with van der Waals surface area (Å²) in [6, 6.07) is 13.3. The zero-order chi connectivity index (χ0) is 18.2. The van der Waals surface area contributed by atoms with Crippen LogP contribution in [0.1, 0.15) is 18.1 Å². The number of Topliss-reactive ketones (excluding diaryl/α,β-unsaturated/α-hetero) is 1. The van der Waals surface area contributed by atoms with E-state index in [1.54, 1.807) is 36.5 Å². The van der Waals surface area contributed by atoms with Gasteiger partial charge in [0.1, 0.15) is 17.1 Å². The number of amides is 1. The molecule has 1 aliphatic heterocycles. The van der Waals surface area contributed by atoms with Gasteiger partial charge in [0.05, 0.1) is 5.57 Å². The second-order valence-electron chi connectivity index (χ2n) is 5.74. The van der Waals surface area contributed by atoms with Crippen LogP contribution in [0.3, 0.4) is 0 Å². The first-order valence-corrected chi connectivity index (χ1v) is 7.45. The third-order valence-corrected chi connectivity index (χ3v) is 4.35. The lowest BCUT2D eigenvalue weighted by molar-refractivity contribution is -0.138. The zero-order valence-electron chi connectivity index (χ0n) is 13.2. The molecule has 1 unspecified atom stereocenters. The monoisotopic (exact) mass is 336 g/mol. The van der Waals surface area contributed by atoms with E-state index in [9.17, 15) is 24.3 Å². The van der Waals surface area contributed by atoms with E-state index in [2.05, 4.69) is 0 Å². The minimum Gasteiger partial charge on any atom is -0.507 e. The molecule has 0 bridgehead atoms. The molecular formula is C19H13FN2O3. The quantitative estimate of drug-likeness (QED) is 0.396. The van der Waals surface area contributed by atoms with Gasteiger partial charge in [-0.15, -0.1) is 0 Å². The van der Waals surface area contributed by atoms with E-state index in [1.807, 2.05) is 0 Å². The van der Waals surface area contributed by atoms with Crippen LogP contribution in [0.5, 0.6) is 0 Å². The van der Waals surface area contributed by atoms with Crippen molar-refractivity contribution in [1.29, 1.82) is 5.26 Å². The molecule has 3 rings (SSSR count). The maximum atomic E-state index is 13.3. The summed E-state index contributed by atoms with van der Waals surface area (Å²) >= 11 is 0. The number of rotatable bonds is 2. The van der Waals surface area contributed by atoms with Crippen molar-refractivity contribution < 1.29 is 19.1 Å². The van der Waals surface area contributed by atoms with Gasteiger partial charge in [-0.25, -0.2) is 9.29 Å². The summed E-state index contributed by atoms with van der Waals surface area (Å²) in [6.45, 7) is 1.47. The lowest BCUT2D eigenvalue weighted by Gasteiger charge is -2.30. The lowest BCUT2D eigenvalue weighted by atomic mass is 9.83. The number of aliphatic hydroxyl groups excluding tert-OH is 1. The van der Waals surface area contributed by atoms with Crippen molar-refractivity contribution in [3.8, 4) is 6.19 Å². The summed E-state index contributed by atoms with van der Waals surface area (Å²) in [5, 5.41) is 20.1. The first kappa shape index (κ1) is 16.4. The lowest BCUT2D eigenvalue weighted by Crippen LogP contribution is -2.38. The number of hydrogen-bond donors (Lipinski definition) is 1. The van der Waals surface area contributed by atoms with Gasteiger partial charge in [-0.05, 0) is 24.6 Å². The molecule has 124 valence electrons. The smallest absolute Gasteiger partial charge is 0.309 e. The number of aliphatic hydroxyl groups is 1. The molecule has 0 spiro atoms. The van der Waals surface area contributed by atoms with Gasteiger partial charge < -0.3 is 5.11 Å². The number of carbonyl (C=O) groups excluding carboxylic acids is 2. The molecule has 1 N–H and O–H groups in total. The van der Waals surface area contributed by atoms with Crippen molar-refractivity contribution in [3.63, 3.8) is 0 Å². The maximum absolute atomic E-state index is 13.3. The average molecular weight is 336 g/mol. The number of nitrogens with zero attached hydrogens (tertiary/aromatic N) is 2. The van der Waals surface area contributed by atoms with Crippen molar-refractivity contribution >= 4 is 17.4 Å². The van der Waals surface area contributed by atoms with Gasteiger partial charge in [-0.1, -0.05) is 42.5 Å². The summed E-state index contributed by atoms with van der Waals surface area (Å²) in [5.41, 5.74) is -1.06. The van der Waals surface area contributed by atoms with Crippen LogP contribution < -0.4 is 0 Å². The Morgan fingerprint density at radius 3 is 2.28 bits per heavy atom. The van der Waals surface area contributed by atoms with Crippen LogP contribution in [0, 0.1) is 17.3 Å². The standard InChI is InChI=1S/C19H13FN2O3/c1-19(13-7-9-14(20)10-8-13)15(17(24)18(25)22(19)11-21)16(23)12-5-3-2-4-6-12/h2-10,23H,1H3/b16-15-. The first-order valence-electron chi connectivity index (χ1n) is 7.45. The van der Waals surface area contributed by atoms with Gasteiger partial charge in [0.25, 0.3) is 5.78 Å². The minimum absolute atomic E-state index is 0.211. The predicted octanol–water partition coefficient (Wildman–Crippen LogP) is 2.90. The van der Waals surface area contributed by atoms with Crippen molar-refractivity contribution in [3.05, 3.63) is 77.1 Å². The van der Waals surface area contributed by atoms with Crippen LogP contribution in [0.2, 0.25) is 0 Å². The van der Waals surface area contributed by atoms with Crippen molar-refractivity contribution in [2.45, 2.75) is 12.5 Å². The van der Waals surface area contributed by atoms with Crippen LogP contribution in [0.15, 0.2) is 60.2 Å². The molecule has 2 aromatic rings. The molecular weight excluding hydrogens is 323 g/mol. The molecule has 0 saturated carbocycles. The minimum atomic E-state index is -1.53. The van der Waals surface area contributed by atoms with E-state index < -0.39 is 23.0 Å². The second kappa shape index (κ2) is 5.87. The van der Waals surface area contributed by atoms with Gasteiger partial charge in [-0.2, -0.15) is 5.26 Å². The molecule has 1 atom stereocenters. The number of benzene rings is 2. The average Bonchev–Trinajstić information content (AvgIpc) is 2.82. The third-order valence-electron chi connectivity index (χ3n) is 4.35. The Kier molecular flexibility index (Phi) is 3.85. The van der Waals surface area contributed by atoms with E-state index in [0.717, 1.165) is 0 Å². The Bertz CT molecular complexity index is 929. The molecule has 25 heavy (non-hydrogen) atoms. The van der Waals surface area contributed by atoms with E-state index in [0.29, 0.717) is 16.0 Å². The number of nitriles is 1. The van der Waals surface area contributed by atoms with Crippen molar-refractivity contribution in [2.75, 3.05) is 0 Å². The number of hydrogen-bond acceptors (Lipinski definition) is 4. The Labute approximate surface area is 143 Å². The Balaban J connectivity index is 2.31. The molecule has 1 amide bonds. The van der Waals surface area contributed by atoms with Crippen LogP contribution >= 0.6 is 0 Å².